The average molecular weight is 267 g/mol. The Morgan fingerprint density at radius 1 is 1.05 bits per heavy atom. The molecule has 3 rings (SSSR count). The number of nitrogens with one attached hydrogen (secondary N) is 1. The third-order valence-corrected chi connectivity index (χ3v) is 3.55. The van der Waals surface area contributed by atoms with Crippen LogP contribution in [0.4, 0.5) is 0 Å². The Balaban J connectivity index is 1.78. The summed E-state index contributed by atoms with van der Waals surface area (Å²) in [6.45, 7) is 5.08. The van der Waals surface area contributed by atoms with Crippen LogP contribution >= 0.6 is 0 Å². The fourth-order valence-corrected chi connectivity index (χ4v) is 2.41. The van der Waals surface area contributed by atoms with Crippen molar-refractivity contribution in [2.75, 3.05) is 0 Å². The summed E-state index contributed by atoms with van der Waals surface area (Å²) >= 11 is 0. The minimum absolute atomic E-state index is 0.712. The van der Waals surface area contributed by atoms with Crippen LogP contribution in [0.15, 0.2) is 42.5 Å². The number of hydrogen-bond donors (Lipinski definition) is 1. The minimum atomic E-state index is 0.712. The third-order valence-electron chi connectivity index (χ3n) is 3.55. The summed E-state index contributed by atoms with van der Waals surface area (Å²) in [4.78, 5) is 0. The van der Waals surface area contributed by atoms with Gasteiger partial charge < -0.3 is 10.1 Å². The zero-order chi connectivity index (χ0) is 13.9. The van der Waals surface area contributed by atoms with E-state index in [9.17, 15) is 0 Å². The summed E-state index contributed by atoms with van der Waals surface area (Å²) < 4.78 is 6.08. The molecule has 2 aromatic rings. The molecule has 0 aromatic heterocycles. The summed E-state index contributed by atoms with van der Waals surface area (Å²) in [5.41, 5.74) is 3.68. The molecule has 1 saturated carbocycles. The van der Waals surface area contributed by atoms with Crippen LogP contribution in [0.3, 0.4) is 0 Å². The lowest BCUT2D eigenvalue weighted by Crippen LogP contribution is -2.15. The Kier molecular flexibility index (Phi) is 3.75. The zero-order valence-corrected chi connectivity index (χ0v) is 12.1. The molecule has 2 heteroatoms. The summed E-state index contributed by atoms with van der Waals surface area (Å²) in [6, 6.07) is 15.3. The number of para-hydroxylation sites is 1. The molecule has 20 heavy (non-hydrogen) atoms. The van der Waals surface area contributed by atoms with Gasteiger partial charge in [-0.15, -0.1) is 0 Å². The van der Waals surface area contributed by atoms with Gasteiger partial charge in [-0.2, -0.15) is 0 Å². The largest absolute Gasteiger partial charge is 0.457 e. The second-order valence-electron chi connectivity index (χ2n) is 5.69. The first-order chi connectivity index (χ1) is 9.70. The lowest BCUT2D eigenvalue weighted by atomic mass is 10.1. The maximum atomic E-state index is 6.08. The van der Waals surface area contributed by atoms with Crippen LogP contribution in [0.1, 0.15) is 29.5 Å². The summed E-state index contributed by atoms with van der Waals surface area (Å²) in [7, 11) is 0. The summed E-state index contributed by atoms with van der Waals surface area (Å²) in [5, 5.41) is 3.54. The highest BCUT2D eigenvalue weighted by Crippen LogP contribution is 2.28. The number of aryl methyl sites for hydroxylation is 2. The van der Waals surface area contributed by atoms with E-state index < -0.39 is 0 Å². The molecule has 1 aliphatic carbocycles. The van der Waals surface area contributed by atoms with E-state index in [1.54, 1.807) is 0 Å². The van der Waals surface area contributed by atoms with E-state index in [4.69, 9.17) is 4.74 Å². The van der Waals surface area contributed by atoms with E-state index in [2.05, 4.69) is 49.5 Å². The molecule has 1 N–H and O–H groups in total. The molecule has 1 aliphatic rings. The van der Waals surface area contributed by atoms with Crippen molar-refractivity contribution in [3.8, 4) is 11.5 Å². The molecule has 0 amide bonds. The minimum Gasteiger partial charge on any atom is -0.457 e. The number of hydrogen-bond acceptors (Lipinski definition) is 2. The molecule has 0 saturated heterocycles. The van der Waals surface area contributed by atoms with E-state index in [0.29, 0.717) is 6.04 Å². The molecule has 0 aliphatic heterocycles. The van der Waals surface area contributed by atoms with Gasteiger partial charge in [-0.05, 0) is 56.0 Å². The topological polar surface area (TPSA) is 21.3 Å². The Morgan fingerprint density at radius 2 is 1.75 bits per heavy atom. The molecular formula is C18H21NO. The van der Waals surface area contributed by atoms with Crippen LogP contribution in [0.2, 0.25) is 0 Å². The molecule has 104 valence electrons. The molecule has 0 bridgehead atoms. The van der Waals surface area contributed by atoms with Crippen molar-refractivity contribution in [2.24, 2.45) is 0 Å². The average Bonchev–Trinajstić information content (AvgIpc) is 3.20. The van der Waals surface area contributed by atoms with Crippen LogP contribution in [0.25, 0.3) is 0 Å². The van der Waals surface area contributed by atoms with Gasteiger partial charge >= 0.3 is 0 Å². The Morgan fingerprint density at radius 3 is 2.45 bits per heavy atom. The Labute approximate surface area is 120 Å². The quantitative estimate of drug-likeness (QED) is 0.869. The normalized spacial score (nSPS) is 14.3. The molecule has 0 unspecified atom stereocenters. The Bertz CT molecular complexity index is 582. The van der Waals surface area contributed by atoms with Crippen LogP contribution in [0.5, 0.6) is 11.5 Å². The zero-order valence-electron chi connectivity index (χ0n) is 12.1. The highest BCUT2D eigenvalue weighted by molar-refractivity contribution is 5.40. The lowest BCUT2D eigenvalue weighted by Gasteiger charge is -2.12. The molecule has 0 heterocycles. The first kappa shape index (κ1) is 13.2. The van der Waals surface area contributed by atoms with E-state index in [-0.39, 0.29) is 0 Å². The fraction of sp³-hybridized carbons (Fsp3) is 0.333. The molecule has 2 aromatic carbocycles. The van der Waals surface area contributed by atoms with E-state index in [0.717, 1.165) is 18.0 Å². The van der Waals surface area contributed by atoms with Crippen molar-refractivity contribution in [3.63, 3.8) is 0 Å². The standard InChI is InChI=1S/C18H21NO/c1-13-9-14(2)11-17(10-13)20-18-6-4-3-5-15(18)12-19-16-7-8-16/h3-6,9-11,16,19H,7-8,12H2,1-2H3. The van der Waals surface area contributed by atoms with Gasteiger partial charge in [0.15, 0.2) is 0 Å². The smallest absolute Gasteiger partial charge is 0.131 e. The lowest BCUT2D eigenvalue weighted by molar-refractivity contribution is 0.472. The van der Waals surface area contributed by atoms with Crippen molar-refractivity contribution in [3.05, 3.63) is 59.2 Å². The maximum Gasteiger partial charge on any atom is 0.131 e. The second-order valence-corrected chi connectivity index (χ2v) is 5.69. The van der Waals surface area contributed by atoms with Gasteiger partial charge in [-0.25, -0.2) is 0 Å². The second kappa shape index (κ2) is 5.68. The monoisotopic (exact) mass is 267 g/mol. The van der Waals surface area contributed by atoms with Gasteiger partial charge in [0.1, 0.15) is 11.5 Å². The maximum absolute atomic E-state index is 6.08. The summed E-state index contributed by atoms with van der Waals surface area (Å²) in [5.74, 6) is 1.87. The van der Waals surface area contributed by atoms with Gasteiger partial charge in [-0.3, -0.25) is 0 Å². The summed E-state index contributed by atoms with van der Waals surface area (Å²) in [6.07, 6.45) is 2.61. The van der Waals surface area contributed by atoms with Crippen molar-refractivity contribution in [2.45, 2.75) is 39.3 Å². The molecule has 1 fully saturated rings. The molecule has 0 atom stereocenters. The third kappa shape index (κ3) is 3.40. The number of ether oxygens (including phenoxy) is 1. The van der Waals surface area contributed by atoms with Crippen LogP contribution in [0, 0.1) is 13.8 Å². The van der Waals surface area contributed by atoms with Gasteiger partial charge in [0.05, 0.1) is 0 Å². The van der Waals surface area contributed by atoms with Crippen LogP contribution in [-0.2, 0) is 6.54 Å². The predicted molar refractivity (Wildman–Crippen MR) is 82.3 cm³/mol. The highest BCUT2D eigenvalue weighted by Gasteiger charge is 2.20. The SMILES string of the molecule is Cc1cc(C)cc(Oc2ccccc2CNC2CC2)c1. The molecule has 0 spiro atoms. The molecular weight excluding hydrogens is 246 g/mol. The Hall–Kier alpha value is -1.80. The number of rotatable bonds is 5. The van der Waals surface area contributed by atoms with Gasteiger partial charge in [-0.1, -0.05) is 24.3 Å². The van der Waals surface area contributed by atoms with Crippen molar-refractivity contribution in [1.82, 2.24) is 5.32 Å². The van der Waals surface area contributed by atoms with Crippen molar-refractivity contribution >= 4 is 0 Å². The van der Waals surface area contributed by atoms with Crippen LogP contribution < -0.4 is 10.1 Å². The van der Waals surface area contributed by atoms with E-state index >= 15 is 0 Å². The molecule has 0 radical (unpaired) electrons. The van der Waals surface area contributed by atoms with E-state index in [1.165, 1.54) is 29.5 Å². The predicted octanol–water partition coefficient (Wildman–Crippen LogP) is 4.35. The first-order valence-corrected chi connectivity index (χ1v) is 7.28. The van der Waals surface area contributed by atoms with Crippen molar-refractivity contribution < 1.29 is 4.74 Å². The first-order valence-electron chi connectivity index (χ1n) is 7.28. The number of benzene rings is 2. The molecule has 2 nitrogen and oxygen atoms in total. The van der Waals surface area contributed by atoms with Crippen LogP contribution in [-0.4, -0.2) is 6.04 Å². The van der Waals surface area contributed by atoms with Gasteiger partial charge in [0.2, 0.25) is 0 Å². The van der Waals surface area contributed by atoms with Gasteiger partial charge in [0.25, 0.3) is 0 Å². The fourth-order valence-electron chi connectivity index (χ4n) is 2.41. The highest BCUT2D eigenvalue weighted by atomic mass is 16.5. The van der Waals surface area contributed by atoms with Gasteiger partial charge in [0, 0.05) is 18.2 Å². The van der Waals surface area contributed by atoms with E-state index in [1.807, 2.05) is 12.1 Å². The van der Waals surface area contributed by atoms with Crippen molar-refractivity contribution in [1.29, 1.82) is 0 Å².